The first-order chi connectivity index (χ1) is 10.9. The minimum absolute atomic E-state index is 0.154. The quantitative estimate of drug-likeness (QED) is 0.732. The van der Waals surface area contributed by atoms with E-state index >= 15 is 0 Å². The van der Waals surface area contributed by atoms with Gasteiger partial charge in [-0.25, -0.2) is 4.79 Å². The monoisotopic (exact) mass is 325 g/mol. The molecule has 0 heterocycles. The molecule has 0 bridgehead atoms. The molecule has 0 aliphatic heterocycles. The van der Waals surface area contributed by atoms with Crippen LogP contribution in [-0.2, 0) is 9.53 Å². The SMILES string of the molecule is COc1ccc(C(=O)OCC(=O)NCC(C)C)c(OC)c1OC. The van der Waals surface area contributed by atoms with Gasteiger partial charge >= 0.3 is 5.97 Å². The molecule has 0 saturated heterocycles. The van der Waals surface area contributed by atoms with E-state index in [9.17, 15) is 9.59 Å². The van der Waals surface area contributed by atoms with E-state index in [1.165, 1.54) is 27.4 Å². The van der Waals surface area contributed by atoms with Gasteiger partial charge < -0.3 is 24.3 Å². The van der Waals surface area contributed by atoms with Gasteiger partial charge in [0.25, 0.3) is 5.91 Å². The van der Waals surface area contributed by atoms with Gasteiger partial charge in [0, 0.05) is 6.54 Å². The Hall–Kier alpha value is -2.44. The molecule has 1 N–H and O–H groups in total. The molecule has 0 aromatic heterocycles. The average Bonchev–Trinajstić information content (AvgIpc) is 2.55. The second kappa shape index (κ2) is 8.87. The van der Waals surface area contributed by atoms with Gasteiger partial charge in [-0.2, -0.15) is 0 Å². The molecule has 128 valence electrons. The summed E-state index contributed by atoms with van der Waals surface area (Å²) in [5.74, 6) is 0.193. The molecular formula is C16H23NO6. The molecule has 1 aromatic carbocycles. The van der Waals surface area contributed by atoms with Gasteiger partial charge in [-0.1, -0.05) is 13.8 Å². The topological polar surface area (TPSA) is 83.1 Å². The predicted molar refractivity (Wildman–Crippen MR) is 84.2 cm³/mol. The zero-order valence-corrected chi connectivity index (χ0v) is 14.1. The molecule has 1 rings (SSSR count). The van der Waals surface area contributed by atoms with Crippen LogP contribution in [0, 0.1) is 5.92 Å². The molecule has 0 spiro atoms. The number of hydrogen-bond donors (Lipinski definition) is 1. The van der Waals surface area contributed by atoms with E-state index < -0.39 is 5.97 Å². The van der Waals surface area contributed by atoms with Crippen molar-refractivity contribution in [1.29, 1.82) is 0 Å². The molecular weight excluding hydrogens is 302 g/mol. The molecule has 1 aromatic rings. The number of benzene rings is 1. The van der Waals surface area contributed by atoms with Gasteiger partial charge in [0.2, 0.25) is 5.75 Å². The summed E-state index contributed by atoms with van der Waals surface area (Å²) in [6.45, 7) is 4.11. The Morgan fingerprint density at radius 2 is 1.70 bits per heavy atom. The molecule has 0 saturated carbocycles. The van der Waals surface area contributed by atoms with E-state index in [4.69, 9.17) is 18.9 Å². The van der Waals surface area contributed by atoms with E-state index in [1.807, 2.05) is 13.8 Å². The predicted octanol–water partition coefficient (Wildman–Crippen LogP) is 1.64. The standard InChI is InChI=1S/C16H23NO6/c1-10(2)8-17-13(18)9-23-16(19)11-6-7-12(20-3)15(22-5)14(11)21-4/h6-7,10H,8-9H2,1-5H3,(H,17,18). The molecule has 0 radical (unpaired) electrons. The maximum absolute atomic E-state index is 12.2. The molecule has 7 nitrogen and oxygen atoms in total. The first kappa shape index (κ1) is 18.6. The second-order valence-electron chi connectivity index (χ2n) is 5.16. The average molecular weight is 325 g/mol. The van der Waals surface area contributed by atoms with Crippen LogP contribution in [0.25, 0.3) is 0 Å². The lowest BCUT2D eigenvalue weighted by molar-refractivity contribution is -0.124. The van der Waals surface area contributed by atoms with Gasteiger partial charge in [-0.15, -0.1) is 0 Å². The lowest BCUT2D eigenvalue weighted by atomic mass is 10.1. The van der Waals surface area contributed by atoms with Crippen LogP contribution in [0.1, 0.15) is 24.2 Å². The smallest absolute Gasteiger partial charge is 0.342 e. The van der Waals surface area contributed by atoms with Crippen molar-refractivity contribution in [3.63, 3.8) is 0 Å². The summed E-state index contributed by atoms with van der Waals surface area (Å²) in [7, 11) is 4.33. The first-order valence-electron chi connectivity index (χ1n) is 7.17. The lowest BCUT2D eigenvalue weighted by Gasteiger charge is -2.15. The van der Waals surface area contributed by atoms with E-state index in [2.05, 4.69) is 5.32 Å². The van der Waals surface area contributed by atoms with Crippen molar-refractivity contribution < 1.29 is 28.5 Å². The minimum Gasteiger partial charge on any atom is -0.493 e. The third-order valence-corrected chi connectivity index (χ3v) is 2.97. The van der Waals surface area contributed by atoms with Crippen LogP contribution < -0.4 is 19.5 Å². The van der Waals surface area contributed by atoms with Gasteiger partial charge in [0.15, 0.2) is 18.1 Å². The van der Waals surface area contributed by atoms with Crippen molar-refractivity contribution in [2.24, 2.45) is 5.92 Å². The summed E-state index contributed by atoms with van der Waals surface area (Å²) in [5, 5.41) is 2.67. The van der Waals surface area contributed by atoms with Crippen molar-refractivity contribution in [3.8, 4) is 17.2 Å². The van der Waals surface area contributed by atoms with Crippen molar-refractivity contribution in [2.75, 3.05) is 34.5 Å². The largest absolute Gasteiger partial charge is 0.493 e. The van der Waals surface area contributed by atoms with Crippen molar-refractivity contribution in [1.82, 2.24) is 5.32 Å². The maximum Gasteiger partial charge on any atom is 0.342 e. The Kier molecular flexibility index (Phi) is 7.18. The third-order valence-electron chi connectivity index (χ3n) is 2.97. The van der Waals surface area contributed by atoms with Gasteiger partial charge in [-0.05, 0) is 18.1 Å². The van der Waals surface area contributed by atoms with Crippen LogP contribution >= 0.6 is 0 Å². The fourth-order valence-corrected chi connectivity index (χ4v) is 1.84. The number of carbonyl (C=O) groups excluding carboxylic acids is 2. The molecule has 1 amide bonds. The van der Waals surface area contributed by atoms with Crippen LogP contribution in [0.5, 0.6) is 17.2 Å². The summed E-state index contributed by atoms with van der Waals surface area (Å²) in [4.78, 5) is 23.8. The van der Waals surface area contributed by atoms with Crippen molar-refractivity contribution in [2.45, 2.75) is 13.8 Å². The van der Waals surface area contributed by atoms with Gasteiger partial charge in [0.1, 0.15) is 5.56 Å². The Morgan fingerprint density at radius 1 is 1.04 bits per heavy atom. The van der Waals surface area contributed by atoms with Crippen molar-refractivity contribution in [3.05, 3.63) is 17.7 Å². The highest BCUT2D eigenvalue weighted by molar-refractivity contribution is 5.95. The van der Waals surface area contributed by atoms with Gasteiger partial charge in [-0.3, -0.25) is 4.79 Å². The highest BCUT2D eigenvalue weighted by Crippen LogP contribution is 2.39. The van der Waals surface area contributed by atoms with Crippen LogP contribution in [0.15, 0.2) is 12.1 Å². The zero-order valence-electron chi connectivity index (χ0n) is 14.1. The van der Waals surface area contributed by atoms with Crippen LogP contribution in [0.2, 0.25) is 0 Å². The Labute approximate surface area is 135 Å². The number of methoxy groups -OCH3 is 3. The summed E-state index contributed by atoms with van der Waals surface area (Å²) in [6.07, 6.45) is 0. The molecule has 23 heavy (non-hydrogen) atoms. The van der Waals surface area contributed by atoms with E-state index in [0.29, 0.717) is 18.2 Å². The molecule has 0 aliphatic rings. The van der Waals surface area contributed by atoms with Crippen LogP contribution in [-0.4, -0.2) is 46.4 Å². The number of carbonyl (C=O) groups is 2. The van der Waals surface area contributed by atoms with E-state index in [1.54, 1.807) is 6.07 Å². The Bertz CT molecular complexity index is 556. The van der Waals surface area contributed by atoms with Crippen LogP contribution in [0.4, 0.5) is 0 Å². The Morgan fingerprint density at radius 3 is 2.22 bits per heavy atom. The van der Waals surface area contributed by atoms with Crippen molar-refractivity contribution >= 4 is 11.9 Å². The Balaban J connectivity index is 2.82. The summed E-state index contributed by atoms with van der Waals surface area (Å²) >= 11 is 0. The highest BCUT2D eigenvalue weighted by Gasteiger charge is 2.22. The minimum atomic E-state index is -0.678. The number of hydrogen-bond acceptors (Lipinski definition) is 6. The number of amides is 1. The normalized spacial score (nSPS) is 10.2. The fourth-order valence-electron chi connectivity index (χ4n) is 1.84. The summed E-state index contributed by atoms with van der Waals surface area (Å²) in [5.41, 5.74) is 0.154. The molecule has 0 aliphatic carbocycles. The third kappa shape index (κ3) is 5.05. The molecule has 7 heteroatoms. The number of esters is 1. The van der Waals surface area contributed by atoms with Crippen LogP contribution in [0.3, 0.4) is 0 Å². The van der Waals surface area contributed by atoms with E-state index in [0.717, 1.165) is 0 Å². The molecule has 0 fully saturated rings. The molecule has 0 unspecified atom stereocenters. The first-order valence-corrected chi connectivity index (χ1v) is 7.17. The number of ether oxygens (including phenoxy) is 4. The second-order valence-corrected chi connectivity index (χ2v) is 5.16. The summed E-state index contributed by atoms with van der Waals surface area (Å²) in [6, 6.07) is 3.06. The van der Waals surface area contributed by atoms with Gasteiger partial charge in [0.05, 0.1) is 21.3 Å². The molecule has 0 atom stereocenters. The number of rotatable bonds is 8. The highest BCUT2D eigenvalue weighted by atomic mass is 16.5. The zero-order chi connectivity index (χ0) is 17.4. The lowest BCUT2D eigenvalue weighted by Crippen LogP contribution is -2.31. The van der Waals surface area contributed by atoms with E-state index in [-0.39, 0.29) is 29.6 Å². The summed E-state index contributed by atoms with van der Waals surface area (Å²) < 4.78 is 20.6. The maximum atomic E-state index is 12.2. The fraction of sp³-hybridized carbons (Fsp3) is 0.500. The number of nitrogens with one attached hydrogen (secondary N) is 1.